The number of alkyl halides is 3. The second-order valence-electron chi connectivity index (χ2n) is 6.04. The van der Waals surface area contributed by atoms with Crippen molar-refractivity contribution in [2.24, 2.45) is 0 Å². The van der Waals surface area contributed by atoms with Crippen LogP contribution < -0.4 is 0 Å². The van der Waals surface area contributed by atoms with Gasteiger partial charge in [-0.1, -0.05) is 0 Å². The molecule has 0 spiro atoms. The summed E-state index contributed by atoms with van der Waals surface area (Å²) < 4.78 is 49.0. The number of nitrogens with zero attached hydrogens (tertiary/aromatic N) is 3. The Balaban J connectivity index is 1.89. The quantitative estimate of drug-likeness (QED) is 0.740. The summed E-state index contributed by atoms with van der Waals surface area (Å²) in [6, 6.07) is 3.11. The molecule has 0 aromatic carbocycles. The van der Waals surface area contributed by atoms with Crippen LogP contribution in [-0.4, -0.2) is 45.9 Å². The minimum atomic E-state index is -4.33. The summed E-state index contributed by atoms with van der Waals surface area (Å²) in [5.41, 5.74) is 0.888. The maximum Gasteiger partial charge on any atom is 0.390 e. The zero-order chi connectivity index (χ0) is 19.6. The first-order valence-corrected chi connectivity index (χ1v) is 8.45. The van der Waals surface area contributed by atoms with Crippen LogP contribution in [0.1, 0.15) is 45.6 Å². The number of furan rings is 1. The fraction of sp³-hybridized carbons (Fsp3) is 0.471. The van der Waals surface area contributed by atoms with Crippen molar-refractivity contribution in [3.05, 3.63) is 41.1 Å². The van der Waals surface area contributed by atoms with Crippen LogP contribution in [0.15, 0.2) is 22.8 Å². The van der Waals surface area contributed by atoms with Crippen molar-refractivity contribution in [3.63, 3.8) is 0 Å². The molecule has 1 amide bonds. The minimum Gasteiger partial charge on any atom is -0.461 e. The van der Waals surface area contributed by atoms with Crippen molar-refractivity contribution in [1.29, 1.82) is 0 Å². The highest BCUT2D eigenvalue weighted by Gasteiger charge is 2.33. The monoisotopic (exact) mass is 385 g/mol. The number of amides is 1. The van der Waals surface area contributed by atoms with Gasteiger partial charge in [-0.2, -0.15) is 18.3 Å². The fourth-order valence-corrected chi connectivity index (χ4v) is 3.00. The van der Waals surface area contributed by atoms with Crippen LogP contribution in [0, 0.1) is 0 Å². The molecule has 0 N–H and O–H groups in total. The summed E-state index contributed by atoms with van der Waals surface area (Å²) in [6.45, 7) is 1.68. The highest BCUT2D eigenvalue weighted by atomic mass is 19.4. The van der Waals surface area contributed by atoms with E-state index in [-0.39, 0.29) is 43.5 Å². The molecule has 2 aromatic heterocycles. The lowest BCUT2D eigenvalue weighted by atomic mass is 10.0. The number of fused-ring (bicyclic) bond motifs is 1. The number of aryl methyl sites for hydroxylation is 1. The number of esters is 1. The summed E-state index contributed by atoms with van der Waals surface area (Å²) in [5.74, 6) is -0.920. The first-order valence-electron chi connectivity index (χ1n) is 8.45. The Labute approximate surface area is 152 Å². The van der Waals surface area contributed by atoms with E-state index in [2.05, 4.69) is 5.10 Å². The molecule has 0 fully saturated rings. The van der Waals surface area contributed by atoms with Gasteiger partial charge in [-0.3, -0.25) is 9.48 Å². The number of hydrogen-bond donors (Lipinski definition) is 0. The number of aromatic nitrogens is 2. The lowest BCUT2D eigenvalue weighted by Crippen LogP contribution is -2.36. The molecule has 3 heterocycles. The predicted molar refractivity (Wildman–Crippen MR) is 86.0 cm³/mol. The minimum absolute atomic E-state index is 0.0500. The van der Waals surface area contributed by atoms with Gasteiger partial charge in [-0.25, -0.2) is 4.79 Å². The molecule has 1 aliphatic rings. The van der Waals surface area contributed by atoms with Crippen LogP contribution in [0.5, 0.6) is 0 Å². The number of hydrogen-bond acceptors (Lipinski definition) is 5. The molecule has 1 aliphatic heterocycles. The van der Waals surface area contributed by atoms with Crippen molar-refractivity contribution in [2.45, 2.75) is 39.0 Å². The second-order valence-corrected chi connectivity index (χ2v) is 6.04. The number of ether oxygens (including phenoxy) is 1. The molecule has 27 heavy (non-hydrogen) atoms. The average molecular weight is 385 g/mol. The summed E-state index contributed by atoms with van der Waals surface area (Å²) >= 11 is 0. The van der Waals surface area contributed by atoms with Gasteiger partial charge in [0, 0.05) is 30.8 Å². The third kappa shape index (κ3) is 4.15. The fourth-order valence-electron chi connectivity index (χ4n) is 3.00. The van der Waals surface area contributed by atoms with E-state index in [4.69, 9.17) is 9.15 Å². The lowest BCUT2D eigenvalue weighted by Gasteiger charge is -2.27. The maximum atomic E-state index is 12.6. The third-order valence-electron chi connectivity index (χ3n) is 4.23. The van der Waals surface area contributed by atoms with Crippen molar-refractivity contribution < 1.29 is 31.9 Å². The lowest BCUT2D eigenvalue weighted by molar-refractivity contribution is -0.137. The first kappa shape index (κ1) is 19.0. The zero-order valence-corrected chi connectivity index (χ0v) is 14.6. The van der Waals surface area contributed by atoms with Crippen molar-refractivity contribution in [2.75, 3.05) is 13.2 Å². The molecule has 10 heteroatoms. The molecule has 7 nitrogen and oxygen atoms in total. The smallest absolute Gasteiger partial charge is 0.390 e. The van der Waals surface area contributed by atoms with Gasteiger partial charge in [0.1, 0.15) is 0 Å². The van der Waals surface area contributed by atoms with E-state index >= 15 is 0 Å². The SMILES string of the molecule is CCOC(=O)c1nn(CCC(F)(F)F)c2c1CN(C(=O)c1ccco1)CC2. The van der Waals surface area contributed by atoms with Gasteiger partial charge >= 0.3 is 12.1 Å². The third-order valence-corrected chi connectivity index (χ3v) is 4.23. The van der Waals surface area contributed by atoms with Crippen LogP contribution in [0.25, 0.3) is 0 Å². The van der Waals surface area contributed by atoms with Gasteiger partial charge < -0.3 is 14.1 Å². The van der Waals surface area contributed by atoms with Crippen molar-refractivity contribution in [3.8, 4) is 0 Å². The molecular weight excluding hydrogens is 367 g/mol. The highest BCUT2D eigenvalue weighted by Crippen LogP contribution is 2.27. The van der Waals surface area contributed by atoms with Gasteiger partial charge in [-0.05, 0) is 19.1 Å². The van der Waals surface area contributed by atoms with Crippen LogP contribution >= 0.6 is 0 Å². The van der Waals surface area contributed by atoms with Gasteiger partial charge in [0.2, 0.25) is 0 Å². The van der Waals surface area contributed by atoms with Gasteiger partial charge in [-0.15, -0.1) is 0 Å². The molecule has 146 valence electrons. The largest absolute Gasteiger partial charge is 0.461 e. The normalized spacial score (nSPS) is 14.1. The van der Waals surface area contributed by atoms with Crippen molar-refractivity contribution in [1.82, 2.24) is 14.7 Å². The zero-order valence-electron chi connectivity index (χ0n) is 14.6. The summed E-state index contributed by atoms with van der Waals surface area (Å²) in [6.07, 6.45) is -3.73. The van der Waals surface area contributed by atoms with Crippen LogP contribution in [0.3, 0.4) is 0 Å². The van der Waals surface area contributed by atoms with E-state index < -0.39 is 25.1 Å². The Kier molecular flexibility index (Phi) is 5.24. The Morgan fingerprint density at radius 3 is 2.78 bits per heavy atom. The Hall–Kier alpha value is -2.78. The Bertz CT molecular complexity index is 827. The number of carbonyl (C=O) groups excluding carboxylic acids is 2. The van der Waals surface area contributed by atoms with Gasteiger partial charge in [0.25, 0.3) is 5.91 Å². The Morgan fingerprint density at radius 1 is 1.37 bits per heavy atom. The van der Waals surface area contributed by atoms with E-state index in [1.54, 1.807) is 13.0 Å². The van der Waals surface area contributed by atoms with Gasteiger partial charge in [0.15, 0.2) is 11.5 Å². The predicted octanol–water partition coefficient (Wildman–Crippen LogP) is 2.80. The summed E-state index contributed by atoms with van der Waals surface area (Å²) in [7, 11) is 0. The highest BCUT2D eigenvalue weighted by molar-refractivity contribution is 5.92. The number of carbonyl (C=O) groups is 2. The van der Waals surface area contributed by atoms with E-state index in [0.717, 1.165) is 0 Å². The van der Waals surface area contributed by atoms with E-state index in [1.165, 1.54) is 21.9 Å². The van der Waals surface area contributed by atoms with Crippen LogP contribution in [-0.2, 0) is 24.2 Å². The Morgan fingerprint density at radius 2 is 2.15 bits per heavy atom. The number of halogens is 3. The van der Waals surface area contributed by atoms with Crippen LogP contribution in [0.2, 0.25) is 0 Å². The van der Waals surface area contributed by atoms with E-state index in [0.29, 0.717) is 11.3 Å². The van der Waals surface area contributed by atoms with E-state index in [1.807, 2.05) is 0 Å². The standard InChI is InChI=1S/C17H18F3N3O4/c1-2-26-16(25)14-11-10-22(15(24)13-4-3-9-27-13)7-5-12(11)23(21-14)8-6-17(18,19)20/h3-4,9H,2,5-8,10H2,1H3. The molecule has 0 bridgehead atoms. The second kappa shape index (κ2) is 7.45. The summed E-state index contributed by atoms with van der Waals surface area (Å²) in [5, 5.41) is 4.05. The number of rotatable bonds is 5. The molecule has 0 saturated carbocycles. The van der Waals surface area contributed by atoms with Crippen LogP contribution in [0.4, 0.5) is 13.2 Å². The molecule has 0 radical (unpaired) electrons. The first-order chi connectivity index (χ1) is 12.8. The molecule has 0 atom stereocenters. The summed E-state index contributed by atoms with van der Waals surface area (Å²) in [4.78, 5) is 26.1. The maximum absolute atomic E-state index is 12.6. The molecule has 0 aliphatic carbocycles. The van der Waals surface area contributed by atoms with Crippen molar-refractivity contribution >= 4 is 11.9 Å². The van der Waals surface area contributed by atoms with Gasteiger partial charge in [0.05, 0.1) is 25.8 Å². The molecule has 0 saturated heterocycles. The molecule has 0 unspecified atom stereocenters. The van der Waals surface area contributed by atoms with E-state index in [9.17, 15) is 22.8 Å². The molecule has 3 rings (SSSR count). The topological polar surface area (TPSA) is 77.6 Å². The average Bonchev–Trinajstić information content (AvgIpc) is 3.26. The molecule has 2 aromatic rings. The molecular formula is C17H18F3N3O4.